The van der Waals surface area contributed by atoms with Crippen LogP contribution in [0.2, 0.25) is 0 Å². The molecule has 1 fully saturated rings. The zero-order chi connectivity index (χ0) is 12.5. The Hall–Kier alpha value is -1.22. The molecule has 1 aromatic rings. The number of hydrogen-bond donors (Lipinski definition) is 1. The predicted molar refractivity (Wildman–Crippen MR) is 74.3 cm³/mol. The Morgan fingerprint density at radius 3 is 3.06 bits per heavy atom. The van der Waals surface area contributed by atoms with Crippen molar-refractivity contribution in [1.82, 2.24) is 0 Å². The molecule has 0 saturated carbocycles. The summed E-state index contributed by atoms with van der Waals surface area (Å²) in [6.45, 7) is 4.28. The lowest BCUT2D eigenvalue weighted by molar-refractivity contribution is 0.220. The van der Waals surface area contributed by atoms with Gasteiger partial charge in [-0.15, -0.1) is 0 Å². The van der Waals surface area contributed by atoms with Gasteiger partial charge in [-0.05, 0) is 25.0 Å². The Morgan fingerprint density at radius 2 is 2.33 bits per heavy atom. The topological polar surface area (TPSA) is 38.5 Å². The Labute approximate surface area is 109 Å². The number of anilines is 1. The van der Waals surface area contributed by atoms with Crippen molar-refractivity contribution >= 4 is 5.69 Å². The van der Waals surface area contributed by atoms with Crippen LogP contribution in [-0.4, -0.2) is 25.2 Å². The molecule has 3 nitrogen and oxygen atoms in total. The van der Waals surface area contributed by atoms with Gasteiger partial charge in [0.15, 0.2) is 0 Å². The number of ether oxygens (including phenoxy) is 1. The summed E-state index contributed by atoms with van der Waals surface area (Å²) in [7, 11) is 0. The molecule has 2 aliphatic heterocycles. The summed E-state index contributed by atoms with van der Waals surface area (Å²) in [5.74, 6) is 1.09. The van der Waals surface area contributed by atoms with Crippen molar-refractivity contribution < 1.29 is 4.74 Å². The van der Waals surface area contributed by atoms with E-state index in [4.69, 9.17) is 10.5 Å². The van der Waals surface area contributed by atoms with E-state index in [0.29, 0.717) is 12.1 Å². The van der Waals surface area contributed by atoms with Crippen LogP contribution in [0.4, 0.5) is 5.69 Å². The van der Waals surface area contributed by atoms with Gasteiger partial charge < -0.3 is 15.4 Å². The first kappa shape index (κ1) is 11.8. The van der Waals surface area contributed by atoms with Crippen LogP contribution >= 0.6 is 0 Å². The number of nitrogens with zero attached hydrogens (tertiary/aromatic N) is 1. The number of hydrogen-bond acceptors (Lipinski definition) is 3. The predicted octanol–water partition coefficient (Wildman–Crippen LogP) is 2.33. The molecule has 1 unspecified atom stereocenters. The third-order valence-electron chi connectivity index (χ3n) is 4.01. The van der Waals surface area contributed by atoms with E-state index in [9.17, 15) is 0 Å². The quantitative estimate of drug-likeness (QED) is 0.889. The van der Waals surface area contributed by atoms with Gasteiger partial charge in [0.2, 0.25) is 0 Å². The number of nitrogens with two attached hydrogens (primary N) is 1. The molecule has 0 bridgehead atoms. The normalized spacial score (nSPS) is 26.2. The summed E-state index contributed by atoms with van der Waals surface area (Å²) in [4.78, 5) is 2.42. The van der Waals surface area contributed by atoms with Crippen molar-refractivity contribution in [2.24, 2.45) is 5.73 Å². The third-order valence-corrected chi connectivity index (χ3v) is 4.01. The van der Waals surface area contributed by atoms with Gasteiger partial charge in [-0.25, -0.2) is 0 Å². The molecule has 3 heteroatoms. The van der Waals surface area contributed by atoms with Crippen LogP contribution in [0, 0.1) is 0 Å². The molecular weight excluding hydrogens is 224 g/mol. The Morgan fingerprint density at radius 1 is 1.44 bits per heavy atom. The van der Waals surface area contributed by atoms with Crippen molar-refractivity contribution in [3.05, 3.63) is 23.8 Å². The van der Waals surface area contributed by atoms with E-state index in [2.05, 4.69) is 30.0 Å². The van der Waals surface area contributed by atoms with Crippen molar-refractivity contribution in [1.29, 1.82) is 0 Å². The van der Waals surface area contributed by atoms with Gasteiger partial charge in [-0.2, -0.15) is 0 Å². The Bertz CT molecular complexity index is 433. The molecule has 98 valence electrons. The van der Waals surface area contributed by atoms with Crippen LogP contribution in [0.5, 0.6) is 5.75 Å². The zero-order valence-corrected chi connectivity index (χ0v) is 11.1. The standard InChI is InChI=1S/C15H22N2O/c1-2-4-12-9-13-14(5-3-6-15(13)18-12)17-8-7-11(16)10-17/h3,5-6,11-12H,2,4,7-10,16H2,1H3/t11-,12?/m0/s1. The van der Waals surface area contributed by atoms with Crippen LogP contribution in [0.25, 0.3) is 0 Å². The highest BCUT2D eigenvalue weighted by Gasteiger charge is 2.28. The Kier molecular flexibility index (Phi) is 3.16. The van der Waals surface area contributed by atoms with Gasteiger partial charge in [0.1, 0.15) is 11.9 Å². The monoisotopic (exact) mass is 246 g/mol. The summed E-state index contributed by atoms with van der Waals surface area (Å²) < 4.78 is 6.02. The molecule has 0 radical (unpaired) electrons. The van der Waals surface area contributed by atoms with Crippen molar-refractivity contribution in [2.75, 3.05) is 18.0 Å². The molecule has 1 saturated heterocycles. The molecule has 0 aromatic heterocycles. The maximum atomic E-state index is 6.02. The van der Waals surface area contributed by atoms with E-state index in [1.807, 2.05) is 0 Å². The molecule has 0 amide bonds. The molecule has 3 rings (SSSR count). The minimum atomic E-state index is 0.328. The maximum Gasteiger partial charge on any atom is 0.125 e. The summed E-state index contributed by atoms with van der Waals surface area (Å²) in [6, 6.07) is 6.75. The van der Waals surface area contributed by atoms with Gasteiger partial charge in [0.05, 0.1) is 0 Å². The minimum Gasteiger partial charge on any atom is -0.490 e. The summed E-state index contributed by atoms with van der Waals surface area (Å²) in [6.07, 6.45) is 4.87. The van der Waals surface area contributed by atoms with E-state index in [1.54, 1.807) is 0 Å². The molecule has 2 N–H and O–H groups in total. The maximum absolute atomic E-state index is 6.02. The highest BCUT2D eigenvalue weighted by atomic mass is 16.5. The number of rotatable bonds is 3. The van der Waals surface area contributed by atoms with E-state index < -0.39 is 0 Å². The van der Waals surface area contributed by atoms with Gasteiger partial charge in [-0.1, -0.05) is 19.4 Å². The molecule has 1 aromatic carbocycles. The molecule has 18 heavy (non-hydrogen) atoms. The van der Waals surface area contributed by atoms with Crippen molar-refractivity contribution in [3.8, 4) is 5.75 Å². The number of benzene rings is 1. The lowest BCUT2D eigenvalue weighted by Crippen LogP contribution is -2.26. The molecule has 2 heterocycles. The second-order valence-corrected chi connectivity index (χ2v) is 5.48. The molecule has 2 aliphatic rings. The molecule has 0 aliphatic carbocycles. The molecule has 0 spiro atoms. The Balaban J connectivity index is 1.84. The molecule has 2 atom stereocenters. The van der Waals surface area contributed by atoms with Crippen LogP contribution in [0.3, 0.4) is 0 Å². The molecular formula is C15H22N2O. The SMILES string of the molecule is CCCC1Cc2c(cccc2N2CC[C@H](N)C2)O1. The lowest BCUT2D eigenvalue weighted by atomic mass is 10.0. The second-order valence-electron chi connectivity index (χ2n) is 5.48. The van der Waals surface area contributed by atoms with E-state index in [1.165, 1.54) is 17.7 Å². The van der Waals surface area contributed by atoms with Crippen LogP contribution in [-0.2, 0) is 6.42 Å². The first-order valence-corrected chi connectivity index (χ1v) is 7.07. The smallest absolute Gasteiger partial charge is 0.125 e. The summed E-state index contributed by atoms with van der Waals surface area (Å²) >= 11 is 0. The second kappa shape index (κ2) is 4.81. The summed E-state index contributed by atoms with van der Waals surface area (Å²) in [5, 5.41) is 0. The lowest BCUT2D eigenvalue weighted by Gasteiger charge is -2.20. The van der Waals surface area contributed by atoms with Gasteiger partial charge in [0.25, 0.3) is 0 Å². The minimum absolute atomic E-state index is 0.328. The average Bonchev–Trinajstić information content (AvgIpc) is 2.94. The van der Waals surface area contributed by atoms with E-state index in [-0.39, 0.29) is 0 Å². The first-order chi connectivity index (χ1) is 8.78. The average molecular weight is 246 g/mol. The van der Waals surface area contributed by atoms with Crippen LogP contribution in [0.1, 0.15) is 31.7 Å². The fraction of sp³-hybridized carbons (Fsp3) is 0.600. The van der Waals surface area contributed by atoms with Gasteiger partial charge in [-0.3, -0.25) is 0 Å². The van der Waals surface area contributed by atoms with E-state index in [0.717, 1.165) is 38.1 Å². The van der Waals surface area contributed by atoms with Gasteiger partial charge >= 0.3 is 0 Å². The zero-order valence-electron chi connectivity index (χ0n) is 11.1. The van der Waals surface area contributed by atoms with E-state index >= 15 is 0 Å². The van der Waals surface area contributed by atoms with Crippen LogP contribution in [0.15, 0.2) is 18.2 Å². The summed E-state index contributed by atoms with van der Waals surface area (Å²) in [5.41, 5.74) is 8.75. The fourth-order valence-corrected chi connectivity index (χ4v) is 3.10. The van der Waals surface area contributed by atoms with Crippen molar-refractivity contribution in [3.63, 3.8) is 0 Å². The highest BCUT2D eigenvalue weighted by molar-refractivity contribution is 5.61. The van der Waals surface area contributed by atoms with Gasteiger partial charge in [0, 0.05) is 36.8 Å². The first-order valence-electron chi connectivity index (χ1n) is 7.07. The number of fused-ring (bicyclic) bond motifs is 1. The highest BCUT2D eigenvalue weighted by Crippen LogP contribution is 2.38. The largest absolute Gasteiger partial charge is 0.490 e. The van der Waals surface area contributed by atoms with Crippen LogP contribution < -0.4 is 15.4 Å². The third kappa shape index (κ3) is 2.07. The van der Waals surface area contributed by atoms with Crippen molar-refractivity contribution in [2.45, 2.75) is 44.8 Å². The fourth-order valence-electron chi connectivity index (χ4n) is 3.10.